The molecule has 0 fully saturated rings. The number of para-hydroxylation sites is 2. The molecule has 1 N–H and O–H groups in total. The van der Waals surface area contributed by atoms with Crippen molar-refractivity contribution in [2.24, 2.45) is 0 Å². The molecule has 0 aliphatic carbocycles. The number of carbonyl (C=O) groups is 1. The Bertz CT molecular complexity index is 907. The van der Waals surface area contributed by atoms with Crippen LogP contribution in [0.3, 0.4) is 0 Å². The van der Waals surface area contributed by atoms with Gasteiger partial charge in [-0.2, -0.15) is 0 Å². The second-order valence-corrected chi connectivity index (χ2v) is 5.57. The molecule has 23 heavy (non-hydrogen) atoms. The predicted molar refractivity (Wildman–Crippen MR) is 93.5 cm³/mol. The lowest BCUT2D eigenvalue weighted by atomic mass is 9.99. The van der Waals surface area contributed by atoms with Crippen molar-refractivity contribution in [1.82, 2.24) is 4.98 Å². The fourth-order valence-corrected chi connectivity index (χ4v) is 3.13. The first kappa shape index (κ1) is 13.6. The molecule has 3 nitrogen and oxygen atoms in total. The van der Waals surface area contributed by atoms with E-state index < -0.39 is 0 Å². The molecule has 2 aromatic carbocycles. The Morgan fingerprint density at radius 1 is 0.913 bits per heavy atom. The van der Waals surface area contributed by atoms with Gasteiger partial charge in [-0.1, -0.05) is 36.4 Å². The van der Waals surface area contributed by atoms with Crippen LogP contribution in [0.1, 0.15) is 23.7 Å². The van der Waals surface area contributed by atoms with Crippen molar-refractivity contribution in [2.75, 3.05) is 4.90 Å². The summed E-state index contributed by atoms with van der Waals surface area (Å²) < 4.78 is 0. The molecule has 1 aliphatic rings. The topological polar surface area (TPSA) is 36.1 Å². The maximum atomic E-state index is 12.4. The van der Waals surface area contributed by atoms with Crippen LogP contribution < -0.4 is 4.90 Å². The average molecular weight is 300 g/mol. The first-order valence-electron chi connectivity index (χ1n) is 7.60. The zero-order valence-corrected chi connectivity index (χ0v) is 12.8. The minimum Gasteiger partial charge on any atom is -0.361 e. The molecule has 0 bridgehead atoms. The van der Waals surface area contributed by atoms with Crippen LogP contribution in [0, 0.1) is 0 Å². The molecule has 0 saturated carbocycles. The summed E-state index contributed by atoms with van der Waals surface area (Å²) in [5, 5.41) is 0. The van der Waals surface area contributed by atoms with Gasteiger partial charge < -0.3 is 4.98 Å². The summed E-state index contributed by atoms with van der Waals surface area (Å²) in [6, 6.07) is 20.0. The predicted octanol–water partition coefficient (Wildman–Crippen LogP) is 4.60. The molecule has 2 heterocycles. The fraction of sp³-hybridized carbons (Fsp3) is 0.0500. The third-order valence-corrected chi connectivity index (χ3v) is 4.12. The molecule has 4 rings (SSSR count). The number of anilines is 2. The van der Waals surface area contributed by atoms with Gasteiger partial charge >= 0.3 is 0 Å². The Balaban J connectivity index is 2.07. The monoisotopic (exact) mass is 300 g/mol. The second kappa shape index (κ2) is 5.29. The number of aromatic amines is 1. The van der Waals surface area contributed by atoms with Gasteiger partial charge in [0.1, 0.15) is 0 Å². The standard InChI is InChI=1S/C20H16N2O/c1-14(23)22-19-10-4-2-7-15(19)13-17(18-9-6-12-21-18)16-8-3-5-11-20(16)22/h2-13,21H,1H3. The highest BCUT2D eigenvalue weighted by atomic mass is 16.2. The molecule has 0 spiro atoms. The SMILES string of the molecule is CC(=O)N1c2ccccc2C=C(c2ccc[nH]2)c2ccccc21. The first-order valence-corrected chi connectivity index (χ1v) is 7.60. The summed E-state index contributed by atoms with van der Waals surface area (Å²) in [6.07, 6.45) is 4.06. The first-order chi connectivity index (χ1) is 11.3. The molecule has 0 atom stereocenters. The molecule has 3 aromatic rings. The van der Waals surface area contributed by atoms with E-state index in [0.717, 1.165) is 33.8 Å². The van der Waals surface area contributed by atoms with Gasteiger partial charge in [-0.25, -0.2) is 0 Å². The van der Waals surface area contributed by atoms with E-state index in [1.54, 1.807) is 11.8 Å². The van der Waals surface area contributed by atoms with Crippen LogP contribution in [0.4, 0.5) is 11.4 Å². The van der Waals surface area contributed by atoms with Crippen LogP contribution in [0.5, 0.6) is 0 Å². The number of rotatable bonds is 1. The van der Waals surface area contributed by atoms with Crippen LogP contribution in [0.15, 0.2) is 66.9 Å². The number of H-pyrrole nitrogens is 1. The third-order valence-electron chi connectivity index (χ3n) is 4.12. The van der Waals surface area contributed by atoms with E-state index in [1.807, 2.05) is 54.7 Å². The van der Waals surface area contributed by atoms with Gasteiger partial charge in [-0.15, -0.1) is 0 Å². The lowest BCUT2D eigenvalue weighted by Crippen LogP contribution is -2.23. The molecule has 3 heteroatoms. The molecular weight excluding hydrogens is 284 g/mol. The van der Waals surface area contributed by atoms with Crippen molar-refractivity contribution in [3.63, 3.8) is 0 Å². The minimum atomic E-state index is 0.00559. The summed E-state index contributed by atoms with van der Waals surface area (Å²) >= 11 is 0. The Kier molecular flexibility index (Phi) is 3.12. The van der Waals surface area contributed by atoms with E-state index in [0.29, 0.717) is 0 Å². The van der Waals surface area contributed by atoms with Crippen molar-refractivity contribution in [1.29, 1.82) is 0 Å². The lowest BCUT2D eigenvalue weighted by molar-refractivity contribution is -0.115. The van der Waals surface area contributed by atoms with Crippen LogP contribution in [-0.4, -0.2) is 10.9 Å². The van der Waals surface area contributed by atoms with E-state index in [4.69, 9.17) is 0 Å². The molecule has 1 aliphatic heterocycles. The van der Waals surface area contributed by atoms with Gasteiger partial charge in [-0.3, -0.25) is 9.69 Å². The van der Waals surface area contributed by atoms with Crippen molar-refractivity contribution in [3.05, 3.63) is 83.7 Å². The molecule has 0 unspecified atom stereocenters. The lowest BCUT2D eigenvalue weighted by Gasteiger charge is -2.23. The van der Waals surface area contributed by atoms with Crippen molar-refractivity contribution in [3.8, 4) is 0 Å². The number of nitrogens with one attached hydrogen (secondary N) is 1. The van der Waals surface area contributed by atoms with Gasteiger partial charge in [0.25, 0.3) is 0 Å². The van der Waals surface area contributed by atoms with Crippen molar-refractivity contribution < 1.29 is 4.79 Å². The smallest absolute Gasteiger partial charge is 0.228 e. The zero-order chi connectivity index (χ0) is 15.8. The molecule has 112 valence electrons. The minimum absolute atomic E-state index is 0.00559. The highest BCUT2D eigenvalue weighted by Crippen LogP contribution is 2.41. The number of amides is 1. The zero-order valence-electron chi connectivity index (χ0n) is 12.8. The average Bonchev–Trinajstić information content (AvgIpc) is 3.04. The molecule has 0 saturated heterocycles. The number of aromatic nitrogens is 1. The number of nitrogens with zero attached hydrogens (tertiary/aromatic N) is 1. The van der Waals surface area contributed by atoms with Gasteiger partial charge in [-0.05, 0) is 35.9 Å². The number of benzene rings is 2. The fourth-order valence-electron chi connectivity index (χ4n) is 3.13. The quantitative estimate of drug-likeness (QED) is 0.700. The van der Waals surface area contributed by atoms with E-state index in [9.17, 15) is 4.79 Å². The van der Waals surface area contributed by atoms with Gasteiger partial charge in [0.15, 0.2) is 0 Å². The van der Waals surface area contributed by atoms with Gasteiger partial charge in [0.05, 0.1) is 11.4 Å². The Morgan fingerprint density at radius 3 is 2.39 bits per heavy atom. The van der Waals surface area contributed by atoms with Crippen LogP contribution in [0.2, 0.25) is 0 Å². The van der Waals surface area contributed by atoms with Crippen LogP contribution >= 0.6 is 0 Å². The van der Waals surface area contributed by atoms with E-state index >= 15 is 0 Å². The summed E-state index contributed by atoms with van der Waals surface area (Å²) in [6.45, 7) is 1.60. The molecule has 0 radical (unpaired) electrons. The number of fused-ring (bicyclic) bond motifs is 2. The van der Waals surface area contributed by atoms with Crippen LogP contribution in [0.25, 0.3) is 11.6 Å². The van der Waals surface area contributed by atoms with E-state index in [2.05, 4.69) is 23.2 Å². The van der Waals surface area contributed by atoms with Gasteiger partial charge in [0.2, 0.25) is 5.91 Å². The molecule has 1 amide bonds. The van der Waals surface area contributed by atoms with Crippen molar-refractivity contribution in [2.45, 2.75) is 6.92 Å². The third kappa shape index (κ3) is 2.18. The van der Waals surface area contributed by atoms with Gasteiger partial charge in [0, 0.05) is 30.0 Å². The Labute approximate surface area is 134 Å². The number of hydrogen-bond acceptors (Lipinski definition) is 1. The second-order valence-electron chi connectivity index (χ2n) is 5.57. The summed E-state index contributed by atoms with van der Waals surface area (Å²) in [5.41, 5.74) is 6.02. The Morgan fingerprint density at radius 2 is 1.65 bits per heavy atom. The summed E-state index contributed by atoms with van der Waals surface area (Å²) in [7, 11) is 0. The number of hydrogen-bond donors (Lipinski definition) is 1. The van der Waals surface area contributed by atoms with E-state index in [1.165, 1.54) is 0 Å². The highest BCUT2D eigenvalue weighted by molar-refractivity contribution is 6.09. The normalized spacial score (nSPS) is 12.9. The summed E-state index contributed by atoms with van der Waals surface area (Å²) in [5.74, 6) is 0.00559. The maximum absolute atomic E-state index is 12.4. The van der Waals surface area contributed by atoms with Crippen molar-refractivity contribution >= 4 is 28.9 Å². The van der Waals surface area contributed by atoms with Crippen LogP contribution in [-0.2, 0) is 4.79 Å². The largest absolute Gasteiger partial charge is 0.361 e. The maximum Gasteiger partial charge on any atom is 0.228 e. The molecular formula is C20H16N2O. The Hall–Kier alpha value is -3.07. The molecule has 1 aromatic heterocycles. The van der Waals surface area contributed by atoms with E-state index in [-0.39, 0.29) is 5.91 Å². The summed E-state index contributed by atoms with van der Waals surface area (Å²) in [4.78, 5) is 17.4. The number of carbonyl (C=O) groups excluding carboxylic acids is 1. The highest BCUT2D eigenvalue weighted by Gasteiger charge is 2.24.